The van der Waals surface area contributed by atoms with E-state index in [-0.39, 0.29) is 0 Å². The molecule has 2 aromatic heterocycles. The van der Waals surface area contributed by atoms with Crippen LogP contribution < -0.4 is 0 Å². The fourth-order valence-corrected chi connectivity index (χ4v) is 4.67. The Bertz CT molecular complexity index is 1770. The minimum Gasteiger partial charge on any atom is -0.456 e. The average Bonchev–Trinajstić information content (AvgIpc) is 3.41. The lowest BCUT2D eigenvalue weighted by molar-refractivity contribution is 0.668. The van der Waals surface area contributed by atoms with Crippen LogP contribution in [0.2, 0.25) is 0 Å². The maximum atomic E-state index is 6.13. The van der Waals surface area contributed by atoms with Gasteiger partial charge in [0.05, 0.1) is 0 Å². The standard InChI is InChI=1S/C30H18O2/c1-2-6-19(7-3-1)20-10-13-29-25(16-20)26-18-22(12-15-30(26)32-29)21-11-14-28-24(17-21)23-8-4-5-9-27(23)31-28/h1-18H. The molecule has 2 heterocycles. The molecule has 5 aromatic carbocycles. The van der Waals surface area contributed by atoms with E-state index in [2.05, 4.69) is 91.0 Å². The Morgan fingerprint density at radius 3 is 1.34 bits per heavy atom. The molecule has 0 aliphatic rings. The van der Waals surface area contributed by atoms with Crippen LogP contribution >= 0.6 is 0 Å². The molecule has 0 unspecified atom stereocenters. The molecule has 0 N–H and O–H groups in total. The van der Waals surface area contributed by atoms with Crippen molar-refractivity contribution in [1.82, 2.24) is 0 Å². The Labute approximate surface area is 184 Å². The summed E-state index contributed by atoms with van der Waals surface area (Å²) in [6.07, 6.45) is 0. The number of fused-ring (bicyclic) bond motifs is 6. The van der Waals surface area contributed by atoms with E-state index >= 15 is 0 Å². The topological polar surface area (TPSA) is 26.3 Å². The van der Waals surface area contributed by atoms with Crippen molar-refractivity contribution < 1.29 is 8.83 Å². The summed E-state index contributed by atoms with van der Waals surface area (Å²) in [5.41, 5.74) is 8.38. The van der Waals surface area contributed by atoms with Crippen LogP contribution in [0.3, 0.4) is 0 Å². The summed E-state index contributed by atoms with van der Waals surface area (Å²) in [5.74, 6) is 0. The Balaban J connectivity index is 1.42. The van der Waals surface area contributed by atoms with Crippen LogP contribution in [0.25, 0.3) is 66.1 Å². The summed E-state index contributed by atoms with van der Waals surface area (Å²) in [6.45, 7) is 0. The number of hydrogen-bond donors (Lipinski definition) is 0. The first kappa shape index (κ1) is 17.4. The van der Waals surface area contributed by atoms with E-state index in [1.54, 1.807) is 0 Å². The molecule has 0 atom stereocenters. The molecule has 0 fully saturated rings. The molecule has 0 aliphatic heterocycles. The molecular formula is C30H18O2. The molecule has 0 saturated heterocycles. The van der Waals surface area contributed by atoms with Gasteiger partial charge in [-0.25, -0.2) is 0 Å². The van der Waals surface area contributed by atoms with Gasteiger partial charge in [-0.05, 0) is 64.7 Å². The fourth-order valence-electron chi connectivity index (χ4n) is 4.67. The lowest BCUT2D eigenvalue weighted by Crippen LogP contribution is -1.79. The van der Waals surface area contributed by atoms with Gasteiger partial charge in [0.15, 0.2) is 0 Å². The second-order valence-corrected chi connectivity index (χ2v) is 8.20. The zero-order valence-electron chi connectivity index (χ0n) is 17.2. The maximum Gasteiger partial charge on any atom is 0.135 e. The van der Waals surface area contributed by atoms with Crippen molar-refractivity contribution in [3.8, 4) is 22.3 Å². The summed E-state index contributed by atoms with van der Waals surface area (Å²) >= 11 is 0. The van der Waals surface area contributed by atoms with E-state index < -0.39 is 0 Å². The molecule has 0 bridgehead atoms. The first-order chi connectivity index (χ1) is 15.8. The number of hydrogen-bond acceptors (Lipinski definition) is 2. The third-order valence-corrected chi connectivity index (χ3v) is 6.29. The van der Waals surface area contributed by atoms with Gasteiger partial charge < -0.3 is 8.83 Å². The van der Waals surface area contributed by atoms with Crippen molar-refractivity contribution in [2.45, 2.75) is 0 Å². The molecule has 0 aliphatic carbocycles. The van der Waals surface area contributed by atoms with E-state index in [1.165, 1.54) is 16.7 Å². The summed E-state index contributed by atoms with van der Waals surface area (Å²) in [5, 5.41) is 4.55. The minimum atomic E-state index is 0.906. The van der Waals surface area contributed by atoms with Crippen molar-refractivity contribution in [2.24, 2.45) is 0 Å². The molecular weight excluding hydrogens is 392 g/mol. The molecule has 2 heteroatoms. The molecule has 7 rings (SSSR count). The van der Waals surface area contributed by atoms with Gasteiger partial charge in [-0.15, -0.1) is 0 Å². The van der Waals surface area contributed by atoms with Crippen LogP contribution in [0.1, 0.15) is 0 Å². The number of para-hydroxylation sites is 1. The van der Waals surface area contributed by atoms with E-state index in [1.807, 2.05) is 18.2 Å². The molecule has 0 amide bonds. The SMILES string of the molecule is c1ccc(-c2ccc3oc4ccc(-c5ccc6oc7ccccc7c6c5)cc4c3c2)cc1. The Morgan fingerprint density at radius 2 is 0.750 bits per heavy atom. The average molecular weight is 410 g/mol. The lowest BCUT2D eigenvalue weighted by atomic mass is 9.99. The summed E-state index contributed by atoms with van der Waals surface area (Å²) in [7, 11) is 0. The van der Waals surface area contributed by atoms with Crippen molar-refractivity contribution >= 4 is 43.9 Å². The van der Waals surface area contributed by atoms with Crippen molar-refractivity contribution in [3.05, 3.63) is 109 Å². The maximum absolute atomic E-state index is 6.13. The fraction of sp³-hybridized carbons (Fsp3) is 0. The van der Waals surface area contributed by atoms with Gasteiger partial charge in [0.2, 0.25) is 0 Å². The van der Waals surface area contributed by atoms with Crippen LogP contribution in [0.4, 0.5) is 0 Å². The Hall–Kier alpha value is -4.30. The van der Waals surface area contributed by atoms with E-state index in [0.29, 0.717) is 0 Å². The van der Waals surface area contributed by atoms with Gasteiger partial charge in [0.1, 0.15) is 22.3 Å². The molecule has 32 heavy (non-hydrogen) atoms. The van der Waals surface area contributed by atoms with Gasteiger partial charge in [-0.3, -0.25) is 0 Å². The highest BCUT2D eigenvalue weighted by molar-refractivity contribution is 6.09. The zero-order valence-corrected chi connectivity index (χ0v) is 17.2. The van der Waals surface area contributed by atoms with E-state index in [9.17, 15) is 0 Å². The highest BCUT2D eigenvalue weighted by Crippen LogP contribution is 2.37. The third-order valence-electron chi connectivity index (χ3n) is 6.29. The number of rotatable bonds is 2. The van der Waals surface area contributed by atoms with Gasteiger partial charge in [-0.2, -0.15) is 0 Å². The summed E-state index contributed by atoms with van der Waals surface area (Å²) in [4.78, 5) is 0. The van der Waals surface area contributed by atoms with Gasteiger partial charge >= 0.3 is 0 Å². The van der Waals surface area contributed by atoms with Gasteiger partial charge in [0.25, 0.3) is 0 Å². The summed E-state index contributed by atoms with van der Waals surface area (Å²) < 4.78 is 12.1. The monoisotopic (exact) mass is 410 g/mol. The van der Waals surface area contributed by atoms with Crippen LogP contribution in [0.5, 0.6) is 0 Å². The van der Waals surface area contributed by atoms with Crippen molar-refractivity contribution in [3.63, 3.8) is 0 Å². The van der Waals surface area contributed by atoms with Crippen LogP contribution in [0.15, 0.2) is 118 Å². The lowest BCUT2D eigenvalue weighted by Gasteiger charge is -2.03. The first-order valence-corrected chi connectivity index (χ1v) is 10.8. The molecule has 2 nitrogen and oxygen atoms in total. The highest BCUT2D eigenvalue weighted by Gasteiger charge is 2.12. The third kappa shape index (κ3) is 2.60. The Morgan fingerprint density at radius 1 is 0.312 bits per heavy atom. The second kappa shape index (κ2) is 6.60. The minimum absolute atomic E-state index is 0.906. The van der Waals surface area contributed by atoms with Crippen molar-refractivity contribution in [2.75, 3.05) is 0 Å². The zero-order chi connectivity index (χ0) is 21.1. The predicted octanol–water partition coefficient (Wildman–Crippen LogP) is 8.82. The largest absolute Gasteiger partial charge is 0.456 e. The highest BCUT2D eigenvalue weighted by atomic mass is 16.3. The summed E-state index contributed by atoms with van der Waals surface area (Å²) in [6, 6.07) is 37.9. The Kier molecular flexibility index (Phi) is 3.58. The molecule has 0 radical (unpaired) electrons. The number of furan rings is 2. The van der Waals surface area contributed by atoms with Crippen LogP contribution in [0, 0.1) is 0 Å². The first-order valence-electron chi connectivity index (χ1n) is 10.8. The second-order valence-electron chi connectivity index (χ2n) is 8.20. The van der Waals surface area contributed by atoms with E-state index in [4.69, 9.17) is 8.83 Å². The quantitative estimate of drug-likeness (QED) is 0.284. The van der Waals surface area contributed by atoms with Gasteiger partial charge in [0, 0.05) is 21.5 Å². The van der Waals surface area contributed by atoms with Crippen LogP contribution in [-0.4, -0.2) is 0 Å². The smallest absolute Gasteiger partial charge is 0.135 e. The van der Waals surface area contributed by atoms with Crippen LogP contribution in [-0.2, 0) is 0 Å². The molecule has 0 saturated carbocycles. The molecule has 7 aromatic rings. The molecule has 150 valence electrons. The number of benzene rings is 5. The molecule has 0 spiro atoms. The van der Waals surface area contributed by atoms with E-state index in [0.717, 1.165) is 49.4 Å². The predicted molar refractivity (Wildman–Crippen MR) is 132 cm³/mol. The normalized spacial score (nSPS) is 11.8. The van der Waals surface area contributed by atoms with Gasteiger partial charge in [-0.1, -0.05) is 66.7 Å². The van der Waals surface area contributed by atoms with Crippen molar-refractivity contribution in [1.29, 1.82) is 0 Å².